The Morgan fingerprint density at radius 2 is 2.11 bits per heavy atom. The number of rotatable bonds is 5. The van der Waals surface area contributed by atoms with E-state index in [4.69, 9.17) is 5.73 Å². The topological polar surface area (TPSA) is 136 Å². The van der Waals surface area contributed by atoms with Crippen LogP contribution in [0, 0.1) is 10.1 Å². The first-order valence-electron chi connectivity index (χ1n) is 4.95. The molecule has 18 heavy (non-hydrogen) atoms. The number of nitro groups is 1. The lowest BCUT2D eigenvalue weighted by molar-refractivity contribution is -0.385. The van der Waals surface area contributed by atoms with Crippen LogP contribution in [0.2, 0.25) is 0 Å². The third-order valence-corrected chi connectivity index (χ3v) is 2.09. The van der Waals surface area contributed by atoms with Gasteiger partial charge in [-0.15, -0.1) is 0 Å². The van der Waals surface area contributed by atoms with Crippen LogP contribution in [0.1, 0.15) is 16.8 Å². The highest BCUT2D eigenvalue weighted by Gasteiger charge is 2.15. The van der Waals surface area contributed by atoms with E-state index in [2.05, 4.69) is 5.32 Å². The van der Waals surface area contributed by atoms with Crippen molar-refractivity contribution in [3.63, 3.8) is 0 Å². The largest absolute Gasteiger partial charge is 0.502 e. The van der Waals surface area contributed by atoms with E-state index >= 15 is 0 Å². The molecule has 0 aliphatic rings. The average molecular weight is 253 g/mol. The second-order valence-electron chi connectivity index (χ2n) is 3.43. The monoisotopic (exact) mass is 253 g/mol. The average Bonchev–Trinajstić information content (AvgIpc) is 2.27. The van der Waals surface area contributed by atoms with Crippen molar-refractivity contribution in [3.05, 3.63) is 33.9 Å². The second-order valence-corrected chi connectivity index (χ2v) is 3.43. The van der Waals surface area contributed by atoms with Crippen LogP contribution in [0.15, 0.2) is 18.2 Å². The zero-order valence-electron chi connectivity index (χ0n) is 9.25. The molecule has 1 rings (SSSR count). The number of hydrogen-bond acceptors (Lipinski definition) is 5. The summed E-state index contributed by atoms with van der Waals surface area (Å²) in [5.41, 5.74) is 4.46. The molecule has 1 aromatic rings. The number of nitrogens with two attached hydrogens (primary N) is 1. The van der Waals surface area contributed by atoms with Crippen LogP contribution < -0.4 is 11.1 Å². The summed E-state index contributed by atoms with van der Waals surface area (Å²) >= 11 is 0. The van der Waals surface area contributed by atoms with Crippen LogP contribution in [0.5, 0.6) is 5.75 Å². The summed E-state index contributed by atoms with van der Waals surface area (Å²) in [7, 11) is 0. The summed E-state index contributed by atoms with van der Waals surface area (Å²) in [6, 6.07) is 3.22. The number of nitrogens with zero attached hydrogens (tertiary/aromatic N) is 1. The number of phenols is 1. The first-order valence-corrected chi connectivity index (χ1v) is 4.95. The predicted molar refractivity (Wildman–Crippen MR) is 60.9 cm³/mol. The van der Waals surface area contributed by atoms with Crippen LogP contribution in [0.25, 0.3) is 0 Å². The standard InChI is InChI=1S/C10H11N3O5/c11-9(15)3-4-12-10(16)6-1-2-7(13(17)18)8(14)5-6/h1-2,5,14H,3-4H2,(H2,11,15)(H,12,16). The van der Waals surface area contributed by atoms with Gasteiger partial charge in [-0.2, -0.15) is 0 Å². The fraction of sp³-hybridized carbons (Fsp3) is 0.200. The summed E-state index contributed by atoms with van der Waals surface area (Å²) in [6.07, 6.45) is -0.00922. The third-order valence-electron chi connectivity index (χ3n) is 2.09. The van der Waals surface area contributed by atoms with Gasteiger partial charge in [-0.1, -0.05) is 0 Å². The molecule has 0 unspecified atom stereocenters. The van der Waals surface area contributed by atoms with Gasteiger partial charge in [0.2, 0.25) is 5.91 Å². The Kier molecular flexibility index (Phi) is 4.19. The lowest BCUT2D eigenvalue weighted by Crippen LogP contribution is -2.27. The van der Waals surface area contributed by atoms with Gasteiger partial charge in [0.1, 0.15) is 0 Å². The highest BCUT2D eigenvalue weighted by Crippen LogP contribution is 2.25. The Morgan fingerprint density at radius 3 is 2.61 bits per heavy atom. The van der Waals surface area contributed by atoms with Gasteiger partial charge in [0, 0.05) is 24.6 Å². The maximum atomic E-state index is 11.5. The van der Waals surface area contributed by atoms with Gasteiger partial charge in [0.05, 0.1) is 4.92 Å². The molecule has 0 atom stereocenters. The smallest absolute Gasteiger partial charge is 0.310 e. The number of hydrogen-bond donors (Lipinski definition) is 3. The Hall–Kier alpha value is -2.64. The number of nitro benzene ring substituents is 1. The summed E-state index contributed by atoms with van der Waals surface area (Å²) in [4.78, 5) is 31.6. The van der Waals surface area contributed by atoms with Crippen molar-refractivity contribution in [1.29, 1.82) is 0 Å². The summed E-state index contributed by atoms with van der Waals surface area (Å²) in [5, 5.41) is 22.2. The van der Waals surface area contributed by atoms with Crippen molar-refractivity contribution < 1.29 is 19.6 Å². The number of nitrogens with one attached hydrogen (secondary N) is 1. The molecule has 0 saturated carbocycles. The molecule has 8 nitrogen and oxygen atoms in total. The highest BCUT2D eigenvalue weighted by atomic mass is 16.6. The normalized spacial score (nSPS) is 9.78. The number of primary amides is 1. The summed E-state index contributed by atoms with van der Waals surface area (Å²) < 4.78 is 0. The van der Waals surface area contributed by atoms with Crippen LogP contribution in [-0.2, 0) is 4.79 Å². The van der Waals surface area contributed by atoms with Gasteiger partial charge in [0.25, 0.3) is 5.91 Å². The number of amides is 2. The van der Waals surface area contributed by atoms with Crippen LogP contribution >= 0.6 is 0 Å². The number of phenolic OH excluding ortho intramolecular Hbond substituents is 1. The van der Waals surface area contributed by atoms with Gasteiger partial charge >= 0.3 is 5.69 Å². The second kappa shape index (κ2) is 5.62. The van der Waals surface area contributed by atoms with E-state index in [0.29, 0.717) is 0 Å². The molecule has 0 aliphatic heterocycles. The maximum Gasteiger partial charge on any atom is 0.310 e. The number of carbonyl (C=O) groups excluding carboxylic acids is 2. The van der Waals surface area contributed by atoms with Crippen LogP contribution in [0.4, 0.5) is 5.69 Å². The number of benzene rings is 1. The van der Waals surface area contributed by atoms with Crippen molar-refractivity contribution in [3.8, 4) is 5.75 Å². The quantitative estimate of drug-likeness (QED) is 0.497. The Labute approximate surface area is 102 Å². The SMILES string of the molecule is NC(=O)CCNC(=O)c1ccc([N+](=O)[O-])c(O)c1. The van der Waals surface area contributed by atoms with Crippen LogP contribution in [-0.4, -0.2) is 28.4 Å². The van der Waals surface area contributed by atoms with E-state index < -0.39 is 28.2 Å². The third kappa shape index (κ3) is 3.44. The molecule has 8 heteroatoms. The van der Waals surface area contributed by atoms with Crippen LogP contribution in [0.3, 0.4) is 0 Å². The van der Waals surface area contributed by atoms with Crippen molar-refractivity contribution in [2.24, 2.45) is 5.73 Å². The van der Waals surface area contributed by atoms with Crippen molar-refractivity contribution in [1.82, 2.24) is 5.32 Å². The van der Waals surface area contributed by atoms with Crippen molar-refractivity contribution >= 4 is 17.5 Å². The molecular formula is C10H11N3O5. The molecule has 0 aromatic heterocycles. The predicted octanol–water partition coefficient (Wildman–Crippen LogP) is -0.0944. The number of carbonyl (C=O) groups is 2. The van der Waals surface area contributed by atoms with E-state index in [-0.39, 0.29) is 18.5 Å². The first-order chi connectivity index (χ1) is 8.41. The molecule has 96 valence electrons. The van der Waals surface area contributed by atoms with Gasteiger partial charge in [-0.3, -0.25) is 19.7 Å². The molecule has 0 fully saturated rings. The molecule has 0 radical (unpaired) electrons. The molecule has 0 bridgehead atoms. The lowest BCUT2D eigenvalue weighted by Gasteiger charge is -2.04. The minimum Gasteiger partial charge on any atom is -0.502 e. The highest BCUT2D eigenvalue weighted by molar-refractivity contribution is 5.95. The Morgan fingerprint density at radius 1 is 1.44 bits per heavy atom. The van der Waals surface area contributed by atoms with E-state index in [0.717, 1.165) is 12.1 Å². The molecule has 4 N–H and O–H groups in total. The zero-order valence-corrected chi connectivity index (χ0v) is 9.25. The fourth-order valence-corrected chi connectivity index (χ4v) is 1.22. The molecule has 0 spiro atoms. The summed E-state index contributed by atoms with van der Waals surface area (Å²) in [5.74, 6) is -1.70. The van der Waals surface area contributed by atoms with Crippen molar-refractivity contribution in [2.45, 2.75) is 6.42 Å². The minimum atomic E-state index is -0.760. The lowest BCUT2D eigenvalue weighted by atomic mass is 10.1. The maximum absolute atomic E-state index is 11.5. The van der Waals surface area contributed by atoms with Gasteiger partial charge in [-0.05, 0) is 12.1 Å². The van der Waals surface area contributed by atoms with E-state index in [1.807, 2.05) is 0 Å². The van der Waals surface area contributed by atoms with E-state index in [1.165, 1.54) is 6.07 Å². The molecule has 0 saturated heterocycles. The molecule has 2 amide bonds. The minimum absolute atomic E-state index is 0.00922. The van der Waals surface area contributed by atoms with Gasteiger partial charge in [0.15, 0.2) is 5.75 Å². The first kappa shape index (κ1) is 13.4. The van der Waals surface area contributed by atoms with E-state index in [9.17, 15) is 24.8 Å². The molecule has 1 aromatic carbocycles. The Balaban J connectivity index is 2.72. The summed E-state index contributed by atoms with van der Waals surface area (Å²) in [6.45, 7) is 0.0614. The molecule has 0 heterocycles. The zero-order chi connectivity index (χ0) is 13.7. The Bertz CT molecular complexity index is 500. The van der Waals surface area contributed by atoms with Crippen molar-refractivity contribution in [2.75, 3.05) is 6.54 Å². The molecular weight excluding hydrogens is 242 g/mol. The van der Waals surface area contributed by atoms with E-state index in [1.54, 1.807) is 0 Å². The number of aromatic hydroxyl groups is 1. The fourth-order valence-electron chi connectivity index (χ4n) is 1.22. The van der Waals surface area contributed by atoms with Gasteiger partial charge < -0.3 is 16.2 Å². The van der Waals surface area contributed by atoms with Gasteiger partial charge in [-0.25, -0.2) is 0 Å². The molecule has 0 aliphatic carbocycles.